The van der Waals surface area contributed by atoms with Crippen molar-refractivity contribution >= 4 is 23.3 Å². The Morgan fingerprint density at radius 1 is 1.10 bits per heavy atom. The van der Waals surface area contributed by atoms with Crippen molar-refractivity contribution in [1.82, 2.24) is 4.90 Å². The van der Waals surface area contributed by atoms with Gasteiger partial charge in [-0.05, 0) is 31.2 Å². The molecule has 30 heavy (non-hydrogen) atoms. The Hall–Kier alpha value is -3.43. The molecule has 0 spiro atoms. The summed E-state index contributed by atoms with van der Waals surface area (Å²) in [5.74, 6) is -2.76. The molecule has 1 N–H and O–H groups in total. The number of hydrogen-bond acceptors (Lipinski definition) is 4. The topological polar surface area (TPSA) is 75.7 Å². The molecule has 0 saturated heterocycles. The van der Waals surface area contributed by atoms with Crippen molar-refractivity contribution in [3.63, 3.8) is 0 Å². The number of likely N-dealkylation sites (N-methyl/N-ethyl adjacent to an activating group) is 1. The number of amides is 2. The van der Waals surface area contributed by atoms with E-state index in [9.17, 15) is 31.9 Å². The van der Waals surface area contributed by atoms with Gasteiger partial charge in [0.2, 0.25) is 5.91 Å². The van der Waals surface area contributed by atoms with E-state index in [2.05, 4.69) is 5.32 Å². The van der Waals surface area contributed by atoms with Gasteiger partial charge in [-0.1, -0.05) is 12.1 Å². The first kappa shape index (κ1) is 22.9. The molecule has 0 unspecified atom stereocenters. The predicted molar refractivity (Wildman–Crippen MR) is 99.6 cm³/mol. The molecule has 2 aromatic carbocycles. The van der Waals surface area contributed by atoms with Gasteiger partial charge in [0, 0.05) is 13.1 Å². The summed E-state index contributed by atoms with van der Waals surface area (Å²) in [5.41, 5.74) is -1.55. The highest BCUT2D eigenvalue weighted by molar-refractivity contribution is 5.95. The number of para-hydroxylation sites is 1. The molecule has 6 nitrogen and oxygen atoms in total. The minimum Gasteiger partial charge on any atom is -0.484 e. The normalized spacial score (nSPS) is 11.0. The van der Waals surface area contributed by atoms with Crippen LogP contribution in [-0.4, -0.2) is 42.7 Å². The molecule has 160 valence electrons. The zero-order valence-electron chi connectivity index (χ0n) is 16.0. The number of carbonyl (C=O) groups excluding carboxylic acids is 3. The third kappa shape index (κ3) is 6.03. The van der Waals surface area contributed by atoms with E-state index < -0.39 is 54.0 Å². The molecule has 0 aliphatic rings. The van der Waals surface area contributed by atoms with Gasteiger partial charge in [0.05, 0.1) is 23.4 Å². The first-order valence-corrected chi connectivity index (χ1v) is 8.62. The van der Waals surface area contributed by atoms with Gasteiger partial charge < -0.3 is 15.0 Å². The van der Waals surface area contributed by atoms with Crippen molar-refractivity contribution in [2.45, 2.75) is 13.1 Å². The van der Waals surface area contributed by atoms with Gasteiger partial charge in [0.15, 0.2) is 12.4 Å². The number of hydrogen-bond donors (Lipinski definition) is 1. The van der Waals surface area contributed by atoms with Crippen LogP contribution in [0.3, 0.4) is 0 Å². The average Bonchev–Trinajstić information content (AvgIpc) is 2.65. The van der Waals surface area contributed by atoms with E-state index in [1.807, 2.05) is 0 Å². The summed E-state index contributed by atoms with van der Waals surface area (Å²) in [4.78, 5) is 36.3. The van der Waals surface area contributed by atoms with Crippen LogP contribution in [0, 0.1) is 5.82 Å². The van der Waals surface area contributed by atoms with Gasteiger partial charge in [-0.25, -0.2) is 4.39 Å². The van der Waals surface area contributed by atoms with Gasteiger partial charge in [-0.2, -0.15) is 13.2 Å². The van der Waals surface area contributed by atoms with Crippen molar-refractivity contribution in [1.29, 1.82) is 0 Å². The van der Waals surface area contributed by atoms with Crippen molar-refractivity contribution in [2.75, 3.05) is 25.5 Å². The lowest BCUT2D eigenvalue weighted by Crippen LogP contribution is -2.37. The smallest absolute Gasteiger partial charge is 0.418 e. The standard InChI is InChI=1S/C20H18F4N2O4/c1-12(27)14-8-7-13(9-16(14)21)30-11-19(29)26(2)10-18(28)25-17-6-4-3-5-15(17)20(22,23)24/h3-9H,10-11H2,1-2H3,(H,25,28). The lowest BCUT2D eigenvalue weighted by atomic mass is 10.1. The zero-order valence-corrected chi connectivity index (χ0v) is 16.0. The fraction of sp³-hybridized carbons (Fsp3) is 0.250. The second-order valence-electron chi connectivity index (χ2n) is 6.33. The fourth-order valence-electron chi connectivity index (χ4n) is 2.46. The van der Waals surface area contributed by atoms with Crippen molar-refractivity contribution < 1.29 is 36.7 Å². The molecule has 0 heterocycles. The van der Waals surface area contributed by atoms with Crippen LogP contribution in [0.15, 0.2) is 42.5 Å². The molecule has 0 aliphatic heterocycles. The van der Waals surface area contributed by atoms with E-state index in [-0.39, 0.29) is 11.3 Å². The third-order valence-corrected chi connectivity index (χ3v) is 4.00. The summed E-state index contributed by atoms with van der Waals surface area (Å²) in [5, 5.41) is 2.13. The number of carbonyl (C=O) groups is 3. The van der Waals surface area contributed by atoms with Gasteiger partial charge in [-0.15, -0.1) is 0 Å². The highest BCUT2D eigenvalue weighted by atomic mass is 19.4. The van der Waals surface area contributed by atoms with Crippen molar-refractivity contribution in [2.24, 2.45) is 0 Å². The molecule has 2 rings (SSSR count). The largest absolute Gasteiger partial charge is 0.484 e. The SMILES string of the molecule is CC(=O)c1ccc(OCC(=O)N(C)CC(=O)Nc2ccccc2C(F)(F)F)cc1F. The molecule has 0 fully saturated rings. The Bertz CT molecular complexity index is 960. The molecule has 0 aromatic heterocycles. The van der Waals surface area contributed by atoms with Gasteiger partial charge in [0.1, 0.15) is 11.6 Å². The predicted octanol–water partition coefficient (Wildman–Crippen LogP) is 3.52. The Morgan fingerprint density at radius 2 is 1.77 bits per heavy atom. The van der Waals surface area contributed by atoms with E-state index in [0.29, 0.717) is 0 Å². The quantitative estimate of drug-likeness (QED) is 0.543. The monoisotopic (exact) mass is 426 g/mol. The molecule has 0 saturated carbocycles. The van der Waals surface area contributed by atoms with Crippen LogP contribution in [0.4, 0.5) is 23.2 Å². The highest BCUT2D eigenvalue weighted by Gasteiger charge is 2.33. The molecular weight excluding hydrogens is 408 g/mol. The molecule has 2 aromatic rings. The Kier molecular flexibility index (Phi) is 7.14. The second-order valence-corrected chi connectivity index (χ2v) is 6.33. The molecule has 0 atom stereocenters. The van der Waals surface area contributed by atoms with E-state index in [0.717, 1.165) is 23.1 Å². The van der Waals surface area contributed by atoms with Gasteiger partial charge in [-0.3, -0.25) is 14.4 Å². The number of ether oxygens (including phenoxy) is 1. The summed E-state index contributed by atoms with van der Waals surface area (Å²) in [6.07, 6.45) is -4.65. The van der Waals surface area contributed by atoms with Crippen LogP contribution in [0.2, 0.25) is 0 Å². The molecule has 10 heteroatoms. The summed E-state index contributed by atoms with van der Waals surface area (Å²) < 4.78 is 57.8. The number of nitrogens with one attached hydrogen (secondary N) is 1. The fourth-order valence-corrected chi connectivity index (χ4v) is 2.46. The second kappa shape index (κ2) is 9.38. The van der Waals surface area contributed by atoms with E-state index >= 15 is 0 Å². The maximum atomic E-state index is 13.8. The van der Waals surface area contributed by atoms with Crippen LogP contribution in [0.25, 0.3) is 0 Å². The summed E-state index contributed by atoms with van der Waals surface area (Å²) in [7, 11) is 1.26. The van der Waals surface area contributed by atoms with E-state index in [1.54, 1.807) is 0 Å². The average molecular weight is 426 g/mol. The maximum Gasteiger partial charge on any atom is 0.418 e. The summed E-state index contributed by atoms with van der Waals surface area (Å²) in [6.45, 7) is 0.142. The summed E-state index contributed by atoms with van der Waals surface area (Å²) >= 11 is 0. The molecule has 0 aliphatic carbocycles. The maximum absolute atomic E-state index is 13.8. The number of ketones is 1. The lowest BCUT2D eigenvalue weighted by molar-refractivity contribution is -0.137. The van der Waals surface area contributed by atoms with Gasteiger partial charge in [0.25, 0.3) is 5.91 Å². The minimum atomic E-state index is -4.65. The zero-order chi connectivity index (χ0) is 22.5. The van der Waals surface area contributed by atoms with Crippen LogP contribution < -0.4 is 10.1 Å². The van der Waals surface area contributed by atoms with Gasteiger partial charge >= 0.3 is 6.18 Å². The number of nitrogens with zero attached hydrogens (tertiary/aromatic N) is 1. The number of Topliss-reactive ketones (excluding diaryl/α,β-unsaturated/α-hetero) is 1. The van der Waals surface area contributed by atoms with Crippen LogP contribution in [-0.2, 0) is 15.8 Å². The molecule has 0 radical (unpaired) electrons. The lowest BCUT2D eigenvalue weighted by Gasteiger charge is -2.18. The number of rotatable bonds is 7. The third-order valence-electron chi connectivity index (χ3n) is 4.00. The highest BCUT2D eigenvalue weighted by Crippen LogP contribution is 2.34. The number of anilines is 1. The first-order valence-electron chi connectivity index (χ1n) is 8.62. The molecular formula is C20H18F4N2O4. The number of alkyl halides is 3. The first-order chi connectivity index (χ1) is 14.0. The van der Waals surface area contributed by atoms with E-state index in [4.69, 9.17) is 4.74 Å². The Labute approximate surface area is 169 Å². The summed E-state index contributed by atoms with van der Waals surface area (Å²) in [6, 6.07) is 7.94. The Balaban J connectivity index is 1.92. The number of halogens is 4. The Morgan fingerprint density at radius 3 is 2.37 bits per heavy atom. The molecule has 0 bridgehead atoms. The van der Waals surface area contributed by atoms with Crippen LogP contribution in [0.1, 0.15) is 22.8 Å². The van der Waals surface area contributed by atoms with Crippen molar-refractivity contribution in [3.8, 4) is 5.75 Å². The minimum absolute atomic E-state index is 0.00260. The number of benzene rings is 2. The van der Waals surface area contributed by atoms with Crippen LogP contribution in [0.5, 0.6) is 5.75 Å². The van der Waals surface area contributed by atoms with Crippen LogP contribution >= 0.6 is 0 Å². The van der Waals surface area contributed by atoms with Crippen molar-refractivity contribution in [3.05, 3.63) is 59.4 Å². The van der Waals surface area contributed by atoms with E-state index in [1.165, 1.54) is 38.2 Å². The molecule has 2 amide bonds.